The smallest absolute Gasteiger partial charge is 0.277 e. The third-order valence-corrected chi connectivity index (χ3v) is 5.92. The van der Waals surface area contributed by atoms with Gasteiger partial charge < -0.3 is 5.32 Å². The van der Waals surface area contributed by atoms with E-state index in [1.54, 1.807) is 11.8 Å². The molecular weight excluding hydrogens is 386 g/mol. The van der Waals surface area contributed by atoms with Gasteiger partial charge in [-0.05, 0) is 61.1 Å². The van der Waals surface area contributed by atoms with E-state index in [0.29, 0.717) is 5.11 Å². The summed E-state index contributed by atoms with van der Waals surface area (Å²) < 4.78 is 0. The van der Waals surface area contributed by atoms with Crippen molar-refractivity contribution in [2.45, 2.75) is 22.3 Å². The van der Waals surface area contributed by atoms with Crippen molar-refractivity contribution in [2.75, 3.05) is 5.43 Å². The van der Waals surface area contributed by atoms with Gasteiger partial charge in [-0.15, -0.1) is 0 Å². The first-order valence-corrected chi connectivity index (χ1v) is 10.1. The fraction of sp³-hybridized carbons (Fsp3) is 0.0909. The summed E-state index contributed by atoms with van der Waals surface area (Å²) >= 11 is 7.09. The molecule has 3 aromatic carbocycles. The van der Waals surface area contributed by atoms with Crippen LogP contribution in [-0.4, -0.2) is 16.0 Å². The lowest BCUT2D eigenvalue weighted by Crippen LogP contribution is -2.41. The number of thiocarbonyl (C=S) groups is 1. The fourth-order valence-electron chi connectivity index (χ4n) is 3.06. The average Bonchev–Trinajstić information content (AvgIpc) is 2.94. The van der Waals surface area contributed by atoms with Crippen LogP contribution in [0.5, 0.6) is 0 Å². The van der Waals surface area contributed by atoms with Crippen molar-refractivity contribution in [3.05, 3.63) is 90.5 Å². The Kier molecular flexibility index (Phi) is 5.07. The zero-order valence-corrected chi connectivity index (χ0v) is 16.9. The van der Waals surface area contributed by atoms with Crippen LogP contribution in [0.1, 0.15) is 12.5 Å². The van der Waals surface area contributed by atoms with E-state index in [-0.39, 0.29) is 5.91 Å². The van der Waals surface area contributed by atoms with Gasteiger partial charge in [-0.2, -0.15) is 5.01 Å². The van der Waals surface area contributed by atoms with Gasteiger partial charge in [0.05, 0.1) is 5.69 Å². The monoisotopic (exact) mass is 405 g/mol. The normalized spacial score (nSPS) is 18.8. The highest BCUT2D eigenvalue weighted by atomic mass is 32.2. The largest absolute Gasteiger partial charge is 0.343 e. The summed E-state index contributed by atoms with van der Waals surface area (Å²) in [5.41, 5.74) is 3.85. The number of rotatable bonds is 5. The van der Waals surface area contributed by atoms with Gasteiger partial charge in [-0.3, -0.25) is 10.2 Å². The molecule has 1 saturated heterocycles. The Morgan fingerprint density at radius 2 is 1.46 bits per heavy atom. The molecule has 0 saturated carbocycles. The number of para-hydroxylation sites is 1. The summed E-state index contributed by atoms with van der Waals surface area (Å²) in [5, 5.41) is 4.93. The van der Waals surface area contributed by atoms with Gasteiger partial charge in [0, 0.05) is 9.79 Å². The van der Waals surface area contributed by atoms with Crippen molar-refractivity contribution >= 4 is 40.7 Å². The molecule has 1 fully saturated rings. The van der Waals surface area contributed by atoms with Crippen LogP contribution < -0.4 is 10.7 Å². The maximum atomic E-state index is 13.1. The van der Waals surface area contributed by atoms with E-state index in [0.717, 1.165) is 16.1 Å². The van der Waals surface area contributed by atoms with Crippen molar-refractivity contribution in [1.82, 2.24) is 10.3 Å². The molecule has 4 nitrogen and oxygen atoms in total. The Morgan fingerprint density at radius 3 is 2.11 bits per heavy atom. The molecule has 0 aromatic heterocycles. The molecule has 1 aliphatic heterocycles. The molecule has 6 heteroatoms. The van der Waals surface area contributed by atoms with Gasteiger partial charge in [-0.1, -0.05) is 60.3 Å². The molecule has 2 N–H and O–H groups in total. The number of nitrogens with zero attached hydrogens (tertiary/aromatic N) is 1. The van der Waals surface area contributed by atoms with Gasteiger partial charge in [0.25, 0.3) is 5.91 Å². The Morgan fingerprint density at radius 1 is 0.893 bits per heavy atom. The number of hydrogen-bond acceptors (Lipinski definition) is 4. The lowest BCUT2D eigenvalue weighted by atomic mass is 9.92. The number of nitrogens with one attached hydrogen (secondary N) is 2. The molecule has 28 heavy (non-hydrogen) atoms. The lowest BCUT2D eigenvalue weighted by Gasteiger charge is -2.23. The number of hydrazine groups is 1. The van der Waals surface area contributed by atoms with Gasteiger partial charge in [0.1, 0.15) is 5.54 Å². The lowest BCUT2D eigenvalue weighted by molar-refractivity contribution is -0.129. The van der Waals surface area contributed by atoms with Crippen molar-refractivity contribution in [3.8, 4) is 0 Å². The van der Waals surface area contributed by atoms with Crippen molar-refractivity contribution in [1.29, 1.82) is 0 Å². The minimum absolute atomic E-state index is 0.134. The predicted molar refractivity (Wildman–Crippen MR) is 117 cm³/mol. The Labute approximate surface area is 173 Å². The van der Waals surface area contributed by atoms with Gasteiger partial charge in [-0.25, -0.2) is 0 Å². The molecule has 0 spiro atoms. The first kappa shape index (κ1) is 18.5. The zero-order valence-electron chi connectivity index (χ0n) is 15.3. The number of hydrogen-bond donors (Lipinski definition) is 2. The molecule has 1 aliphatic rings. The highest BCUT2D eigenvalue weighted by molar-refractivity contribution is 7.99. The average molecular weight is 406 g/mol. The van der Waals surface area contributed by atoms with E-state index in [1.807, 2.05) is 79.7 Å². The third-order valence-electron chi connectivity index (χ3n) is 4.62. The number of carbonyl (C=O) groups is 1. The molecule has 1 heterocycles. The molecule has 0 radical (unpaired) electrons. The highest BCUT2D eigenvalue weighted by Crippen LogP contribution is 2.32. The van der Waals surface area contributed by atoms with Crippen LogP contribution in [0.4, 0.5) is 5.69 Å². The third kappa shape index (κ3) is 3.61. The number of amides is 1. The second kappa shape index (κ2) is 7.66. The van der Waals surface area contributed by atoms with E-state index in [9.17, 15) is 4.79 Å². The van der Waals surface area contributed by atoms with Gasteiger partial charge in [0.2, 0.25) is 0 Å². The van der Waals surface area contributed by atoms with Crippen LogP contribution in [0.2, 0.25) is 0 Å². The van der Waals surface area contributed by atoms with E-state index in [2.05, 4.69) is 22.9 Å². The van der Waals surface area contributed by atoms with Crippen molar-refractivity contribution in [2.24, 2.45) is 0 Å². The van der Waals surface area contributed by atoms with Crippen LogP contribution in [0, 0.1) is 0 Å². The van der Waals surface area contributed by atoms with Crippen LogP contribution >= 0.6 is 24.0 Å². The van der Waals surface area contributed by atoms with E-state index in [1.165, 1.54) is 9.90 Å². The summed E-state index contributed by atoms with van der Waals surface area (Å²) in [6.45, 7) is 1.85. The Balaban J connectivity index is 1.53. The van der Waals surface area contributed by atoms with Gasteiger partial charge in [0.15, 0.2) is 5.11 Å². The van der Waals surface area contributed by atoms with E-state index >= 15 is 0 Å². The summed E-state index contributed by atoms with van der Waals surface area (Å²) in [6, 6.07) is 27.7. The number of benzene rings is 3. The number of anilines is 1. The Hall–Kier alpha value is -2.83. The minimum atomic E-state index is -0.908. The SMILES string of the molecule is C[C@]1(c2ccc(Sc3ccccc3)cc2)NC(=S)N(Nc2ccccc2)C1=O. The second-order valence-corrected chi connectivity index (χ2v) is 8.15. The number of carbonyl (C=O) groups excluding carboxylic acids is 1. The van der Waals surface area contributed by atoms with Crippen LogP contribution in [0.15, 0.2) is 94.7 Å². The molecule has 0 unspecified atom stereocenters. The summed E-state index contributed by atoms with van der Waals surface area (Å²) in [4.78, 5) is 15.4. The zero-order chi connectivity index (χ0) is 19.6. The predicted octanol–water partition coefficient (Wildman–Crippen LogP) is 4.80. The fourth-order valence-corrected chi connectivity index (χ4v) is 4.23. The molecule has 0 aliphatic carbocycles. The maximum Gasteiger partial charge on any atom is 0.277 e. The standard InChI is InChI=1S/C22H19N3OS2/c1-22(16-12-14-19(15-13-16)28-18-10-6-3-7-11-18)20(26)25(21(27)23-22)24-17-8-4-2-5-9-17/h2-15,24H,1H3,(H,23,27)/t22-/m1/s1. The summed E-state index contributed by atoms with van der Waals surface area (Å²) in [7, 11) is 0. The van der Waals surface area contributed by atoms with Crippen LogP contribution in [0.3, 0.4) is 0 Å². The molecule has 4 rings (SSSR count). The molecule has 0 bridgehead atoms. The van der Waals surface area contributed by atoms with Gasteiger partial charge >= 0.3 is 0 Å². The summed E-state index contributed by atoms with van der Waals surface area (Å²) in [5.74, 6) is -0.134. The molecule has 1 atom stereocenters. The first-order chi connectivity index (χ1) is 13.6. The topological polar surface area (TPSA) is 44.4 Å². The first-order valence-electron chi connectivity index (χ1n) is 8.88. The second-order valence-electron chi connectivity index (χ2n) is 6.61. The Bertz CT molecular complexity index is 993. The van der Waals surface area contributed by atoms with Crippen LogP contribution in [0.25, 0.3) is 0 Å². The van der Waals surface area contributed by atoms with E-state index < -0.39 is 5.54 Å². The van der Waals surface area contributed by atoms with Crippen LogP contribution in [-0.2, 0) is 10.3 Å². The summed E-state index contributed by atoms with van der Waals surface area (Å²) in [6.07, 6.45) is 0. The van der Waals surface area contributed by atoms with Crippen molar-refractivity contribution in [3.63, 3.8) is 0 Å². The maximum absolute atomic E-state index is 13.1. The quantitative estimate of drug-likeness (QED) is 0.597. The molecule has 140 valence electrons. The molecular formula is C22H19N3OS2. The van der Waals surface area contributed by atoms with Crippen molar-refractivity contribution < 1.29 is 4.79 Å². The minimum Gasteiger partial charge on any atom is -0.343 e. The molecule has 3 aromatic rings. The molecule has 1 amide bonds. The highest BCUT2D eigenvalue weighted by Gasteiger charge is 2.47. The van der Waals surface area contributed by atoms with E-state index in [4.69, 9.17) is 12.2 Å².